The Morgan fingerprint density at radius 2 is 1.83 bits per heavy atom. The number of furan rings is 1. The van der Waals surface area contributed by atoms with Crippen molar-refractivity contribution in [2.24, 2.45) is 0 Å². The zero-order valence-corrected chi connectivity index (χ0v) is 16.5. The van der Waals surface area contributed by atoms with Crippen LogP contribution in [0, 0.1) is 6.92 Å². The number of methoxy groups -OCH3 is 1. The average molecular weight is 392 g/mol. The summed E-state index contributed by atoms with van der Waals surface area (Å²) in [6.45, 7) is 3.52. The van der Waals surface area contributed by atoms with Crippen molar-refractivity contribution in [3.63, 3.8) is 0 Å². The fourth-order valence-electron chi connectivity index (χ4n) is 4.10. The average Bonchev–Trinajstić information content (AvgIpc) is 3.31. The number of allylic oxidation sites excluding steroid dienone is 1. The molecule has 0 atom stereocenters. The third-order valence-electron chi connectivity index (χ3n) is 5.32. The van der Waals surface area contributed by atoms with Crippen LogP contribution in [0.5, 0.6) is 17.2 Å². The van der Waals surface area contributed by atoms with Gasteiger partial charge >= 0.3 is 5.97 Å². The molecular formula is C23H20O6. The number of ether oxygens (including phenoxy) is 4. The highest BCUT2D eigenvalue weighted by atomic mass is 16.7. The fraction of sp³-hybridized carbons (Fsp3) is 0.261. The van der Waals surface area contributed by atoms with Gasteiger partial charge in [0.15, 0.2) is 22.8 Å². The lowest BCUT2D eigenvalue weighted by Crippen LogP contribution is -2.10. The van der Waals surface area contributed by atoms with Crippen molar-refractivity contribution >= 4 is 28.3 Å². The maximum atomic E-state index is 11.9. The molecule has 3 aromatic rings. The van der Waals surface area contributed by atoms with Crippen LogP contribution >= 0.6 is 0 Å². The predicted molar refractivity (Wildman–Crippen MR) is 107 cm³/mol. The highest BCUT2D eigenvalue weighted by Crippen LogP contribution is 2.46. The minimum absolute atomic E-state index is 0.199. The van der Waals surface area contributed by atoms with E-state index in [0.717, 1.165) is 52.0 Å². The van der Waals surface area contributed by atoms with Crippen LogP contribution in [0.1, 0.15) is 35.8 Å². The number of carbonyl (C=O) groups is 1. The Kier molecular flexibility index (Phi) is 4.01. The summed E-state index contributed by atoms with van der Waals surface area (Å²) in [5.41, 5.74) is 4.54. The summed E-state index contributed by atoms with van der Waals surface area (Å²) in [6, 6.07) is 9.74. The molecule has 148 valence electrons. The Hall–Kier alpha value is -3.41. The van der Waals surface area contributed by atoms with Crippen LogP contribution in [-0.2, 0) is 16.0 Å². The molecule has 29 heavy (non-hydrogen) atoms. The third kappa shape index (κ3) is 2.83. The minimum atomic E-state index is -0.365. The molecular weight excluding hydrogens is 372 g/mol. The van der Waals surface area contributed by atoms with E-state index in [1.54, 1.807) is 7.11 Å². The molecule has 2 heterocycles. The van der Waals surface area contributed by atoms with Crippen LogP contribution in [0.2, 0.25) is 0 Å². The van der Waals surface area contributed by atoms with Gasteiger partial charge in [0.05, 0.1) is 7.11 Å². The third-order valence-corrected chi connectivity index (χ3v) is 5.32. The van der Waals surface area contributed by atoms with Gasteiger partial charge in [-0.15, -0.1) is 0 Å². The molecule has 2 aliphatic rings. The normalized spacial score (nSPS) is 14.9. The van der Waals surface area contributed by atoms with Gasteiger partial charge in [-0.1, -0.05) is 0 Å². The van der Waals surface area contributed by atoms with E-state index in [4.69, 9.17) is 23.4 Å². The van der Waals surface area contributed by atoms with E-state index < -0.39 is 0 Å². The summed E-state index contributed by atoms with van der Waals surface area (Å²) in [5.74, 6) is 3.05. The quantitative estimate of drug-likeness (QED) is 0.593. The number of esters is 1. The summed E-state index contributed by atoms with van der Waals surface area (Å²) < 4.78 is 28.1. The first-order valence-electron chi connectivity index (χ1n) is 9.47. The van der Waals surface area contributed by atoms with E-state index in [0.29, 0.717) is 22.8 Å². The second kappa shape index (κ2) is 6.58. The molecule has 0 N–H and O–H groups in total. The maximum absolute atomic E-state index is 11.9. The molecule has 0 fully saturated rings. The summed E-state index contributed by atoms with van der Waals surface area (Å²) in [5, 5.41) is 0.936. The van der Waals surface area contributed by atoms with Crippen LogP contribution in [0.3, 0.4) is 0 Å². The van der Waals surface area contributed by atoms with Gasteiger partial charge in [-0.05, 0) is 61.2 Å². The molecule has 0 bridgehead atoms. The Balaban J connectivity index is 1.76. The number of fused-ring (bicyclic) bond motifs is 3. The molecule has 6 nitrogen and oxygen atoms in total. The predicted octanol–water partition coefficient (Wildman–Crippen LogP) is 4.86. The van der Waals surface area contributed by atoms with Crippen molar-refractivity contribution in [1.29, 1.82) is 0 Å². The van der Waals surface area contributed by atoms with Crippen molar-refractivity contribution in [3.8, 4) is 17.2 Å². The maximum Gasteiger partial charge on any atom is 0.308 e. The van der Waals surface area contributed by atoms with E-state index >= 15 is 0 Å². The minimum Gasteiger partial charge on any atom is -0.493 e. The zero-order chi connectivity index (χ0) is 20.1. The lowest BCUT2D eigenvalue weighted by Gasteiger charge is -2.23. The monoisotopic (exact) mass is 392 g/mol. The largest absolute Gasteiger partial charge is 0.493 e. The molecule has 0 saturated carbocycles. The van der Waals surface area contributed by atoms with Crippen LogP contribution in [0.15, 0.2) is 34.7 Å². The van der Waals surface area contributed by atoms with Crippen molar-refractivity contribution < 1.29 is 28.2 Å². The van der Waals surface area contributed by atoms with E-state index in [1.165, 1.54) is 6.92 Å². The van der Waals surface area contributed by atoms with Gasteiger partial charge in [-0.2, -0.15) is 0 Å². The highest BCUT2D eigenvalue weighted by Gasteiger charge is 2.28. The van der Waals surface area contributed by atoms with Crippen LogP contribution in [0.4, 0.5) is 0 Å². The van der Waals surface area contributed by atoms with Crippen molar-refractivity contribution in [3.05, 3.63) is 52.8 Å². The van der Waals surface area contributed by atoms with E-state index in [-0.39, 0.29) is 12.8 Å². The highest BCUT2D eigenvalue weighted by molar-refractivity contribution is 6.03. The Morgan fingerprint density at radius 3 is 2.59 bits per heavy atom. The molecule has 0 saturated heterocycles. The summed E-state index contributed by atoms with van der Waals surface area (Å²) in [4.78, 5) is 11.9. The number of carbonyl (C=O) groups excluding carboxylic acids is 1. The van der Waals surface area contributed by atoms with E-state index in [9.17, 15) is 4.79 Å². The van der Waals surface area contributed by atoms with Crippen LogP contribution in [-0.4, -0.2) is 19.9 Å². The molecule has 1 aliphatic heterocycles. The molecule has 1 aliphatic carbocycles. The Morgan fingerprint density at radius 1 is 1.03 bits per heavy atom. The van der Waals surface area contributed by atoms with Gasteiger partial charge in [0.25, 0.3) is 0 Å². The zero-order valence-electron chi connectivity index (χ0n) is 16.5. The topological polar surface area (TPSA) is 67.1 Å². The van der Waals surface area contributed by atoms with Gasteiger partial charge in [0.2, 0.25) is 6.79 Å². The molecule has 6 heteroatoms. The second-order valence-electron chi connectivity index (χ2n) is 7.18. The molecule has 1 aromatic heterocycles. The summed E-state index contributed by atoms with van der Waals surface area (Å²) in [6.07, 6.45) is 1.53. The van der Waals surface area contributed by atoms with Gasteiger partial charge < -0.3 is 23.4 Å². The number of aryl methyl sites for hydroxylation is 2. The van der Waals surface area contributed by atoms with Crippen molar-refractivity contribution in [2.75, 3.05) is 13.9 Å². The standard InChI is InChI=1S/C23H20O6/c1-12-8-18-15(6-7-19(25-3)23(18)28-12)16-5-4-14-9-20-21(27-11-26-20)10-17(14)22(16)29-13(2)24/h6-10H,4-5,11H2,1-3H3. The van der Waals surface area contributed by atoms with Gasteiger partial charge in [-0.25, -0.2) is 0 Å². The molecule has 0 radical (unpaired) electrons. The smallest absolute Gasteiger partial charge is 0.308 e. The molecule has 0 unspecified atom stereocenters. The first-order valence-corrected chi connectivity index (χ1v) is 9.47. The van der Waals surface area contributed by atoms with Crippen LogP contribution in [0.25, 0.3) is 22.3 Å². The number of hydrogen-bond donors (Lipinski definition) is 0. The number of benzene rings is 2. The van der Waals surface area contributed by atoms with Gasteiger partial charge in [0, 0.05) is 23.4 Å². The SMILES string of the molecule is COc1ccc(C2=C(OC(C)=O)c3cc4c(cc3CC2)OCO4)c2cc(C)oc12. The molecule has 2 aromatic carbocycles. The fourth-order valence-corrected chi connectivity index (χ4v) is 4.10. The van der Waals surface area contributed by atoms with Gasteiger partial charge in [-0.3, -0.25) is 4.79 Å². The molecule has 0 spiro atoms. The Bertz CT molecular complexity index is 1180. The summed E-state index contributed by atoms with van der Waals surface area (Å²) in [7, 11) is 1.62. The van der Waals surface area contributed by atoms with Crippen LogP contribution < -0.4 is 14.2 Å². The number of hydrogen-bond acceptors (Lipinski definition) is 6. The van der Waals surface area contributed by atoms with Crippen molar-refractivity contribution in [2.45, 2.75) is 26.7 Å². The molecule has 5 rings (SSSR count). The summed E-state index contributed by atoms with van der Waals surface area (Å²) >= 11 is 0. The lowest BCUT2D eigenvalue weighted by atomic mass is 9.85. The second-order valence-corrected chi connectivity index (χ2v) is 7.18. The van der Waals surface area contributed by atoms with E-state index in [1.807, 2.05) is 37.3 Å². The van der Waals surface area contributed by atoms with E-state index in [2.05, 4.69) is 0 Å². The van der Waals surface area contributed by atoms with Gasteiger partial charge in [0.1, 0.15) is 11.5 Å². The first kappa shape index (κ1) is 17.7. The lowest BCUT2D eigenvalue weighted by molar-refractivity contribution is -0.134. The molecule has 0 amide bonds. The van der Waals surface area contributed by atoms with Crippen molar-refractivity contribution in [1.82, 2.24) is 0 Å². The Labute approximate surface area is 167 Å². The first-order chi connectivity index (χ1) is 14.0. The number of rotatable bonds is 3.